The fourth-order valence-electron chi connectivity index (χ4n) is 0. The Morgan fingerprint density at radius 2 is 1.50 bits per heavy atom. The van der Waals surface area contributed by atoms with E-state index in [1.807, 2.05) is 0 Å². The van der Waals surface area contributed by atoms with Gasteiger partial charge in [-0.15, -0.1) is 0 Å². The van der Waals surface area contributed by atoms with Crippen molar-refractivity contribution in [3.63, 3.8) is 0 Å². The largest absolute Gasteiger partial charge is 0.481 e. The van der Waals surface area contributed by atoms with E-state index in [9.17, 15) is 4.79 Å². The van der Waals surface area contributed by atoms with Crippen molar-refractivity contribution in [2.24, 2.45) is 5.41 Å². The second-order valence-corrected chi connectivity index (χ2v) is 2.56. The third kappa shape index (κ3) is 4.23. The second kappa shape index (κ2) is 3.16. The number of rotatable bonds is 0. The van der Waals surface area contributed by atoms with Crippen LogP contribution in [0.15, 0.2) is 0 Å². The van der Waals surface area contributed by atoms with E-state index in [1.54, 1.807) is 20.8 Å². The number of hydrogen-bond acceptors (Lipinski definition) is 1. The average Bonchev–Trinajstić information content (AvgIpc) is 1.31. The molecular formula is C5H10LiO2. The van der Waals surface area contributed by atoms with Gasteiger partial charge in [0.25, 0.3) is 0 Å². The number of hydrogen-bond donors (Lipinski definition) is 1. The van der Waals surface area contributed by atoms with Gasteiger partial charge in [-0.3, -0.25) is 4.79 Å². The van der Waals surface area contributed by atoms with Crippen LogP contribution in [-0.4, -0.2) is 29.9 Å². The zero-order chi connectivity index (χ0) is 6.08. The topological polar surface area (TPSA) is 37.3 Å². The van der Waals surface area contributed by atoms with Crippen molar-refractivity contribution >= 4 is 24.8 Å². The second-order valence-electron chi connectivity index (χ2n) is 2.56. The van der Waals surface area contributed by atoms with E-state index in [0.29, 0.717) is 0 Å². The standard InChI is InChI=1S/C5H10O2.Li/c1-5(2,3)4(6)7;/h1-3H3,(H,6,7);. The molecule has 0 aliphatic rings. The van der Waals surface area contributed by atoms with Gasteiger partial charge in [-0.25, -0.2) is 0 Å². The first-order valence-corrected chi connectivity index (χ1v) is 2.18. The van der Waals surface area contributed by atoms with E-state index in [4.69, 9.17) is 5.11 Å². The molecule has 0 aromatic carbocycles. The summed E-state index contributed by atoms with van der Waals surface area (Å²) in [6, 6.07) is 0. The van der Waals surface area contributed by atoms with Gasteiger partial charge in [0.1, 0.15) is 0 Å². The van der Waals surface area contributed by atoms with Crippen molar-refractivity contribution in [1.82, 2.24) is 0 Å². The van der Waals surface area contributed by atoms with E-state index in [-0.39, 0.29) is 18.9 Å². The summed E-state index contributed by atoms with van der Waals surface area (Å²) in [5.41, 5.74) is -0.583. The molecule has 0 heterocycles. The first-order valence-electron chi connectivity index (χ1n) is 2.18. The van der Waals surface area contributed by atoms with Gasteiger partial charge >= 0.3 is 5.97 Å². The van der Waals surface area contributed by atoms with Gasteiger partial charge in [0, 0.05) is 18.9 Å². The van der Waals surface area contributed by atoms with E-state index in [1.165, 1.54) is 0 Å². The van der Waals surface area contributed by atoms with Crippen LogP contribution in [0.5, 0.6) is 0 Å². The summed E-state index contributed by atoms with van der Waals surface area (Å²) in [6.45, 7) is 4.99. The molecule has 1 radical (unpaired) electrons. The van der Waals surface area contributed by atoms with Crippen molar-refractivity contribution in [2.45, 2.75) is 20.8 Å². The molecule has 43 valence electrons. The monoisotopic (exact) mass is 109 g/mol. The normalized spacial score (nSPS) is 9.88. The maximum absolute atomic E-state index is 10.0. The molecule has 0 unspecified atom stereocenters. The minimum atomic E-state index is -0.757. The van der Waals surface area contributed by atoms with E-state index >= 15 is 0 Å². The van der Waals surface area contributed by atoms with Crippen molar-refractivity contribution in [3.05, 3.63) is 0 Å². The molecule has 0 aromatic heterocycles. The third-order valence-corrected chi connectivity index (χ3v) is 0.642. The molecule has 0 aliphatic heterocycles. The molecule has 0 spiro atoms. The first kappa shape index (κ1) is 10.9. The summed E-state index contributed by atoms with van der Waals surface area (Å²) in [7, 11) is 0. The fraction of sp³-hybridized carbons (Fsp3) is 0.800. The van der Waals surface area contributed by atoms with Gasteiger partial charge < -0.3 is 5.11 Å². The number of carboxylic acids is 1. The van der Waals surface area contributed by atoms with Crippen molar-refractivity contribution in [3.8, 4) is 0 Å². The Labute approximate surface area is 61.5 Å². The van der Waals surface area contributed by atoms with Gasteiger partial charge in [0.05, 0.1) is 5.41 Å². The molecule has 0 rings (SSSR count). The Bertz CT molecular complexity index is 82.9. The maximum Gasteiger partial charge on any atom is 0.308 e. The maximum atomic E-state index is 10.0. The van der Waals surface area contributed by atoms with Crippen LogP contribution in [0.25, 0.3) is 0 Å². The summed E-state index contributed by atoms with van der Waals surface area (Å²) >= 11 is 0. The predicted molar refractivity (Wildman–Crippen MR) is 32.8 cm³/mol. The van der Waals surface area contributed by atoms with Gasteiger partial charge in [0.2, 0.25) is 0 Å². The number of aliphatic carboxylic acids is 1. The molecule has 0 atom stereocenters. The van der Waals surface area contributed by atoms with Crippen LogP contribution in [0.1, 0.15) is 20.8 Å². The average molecular weight is 109 g/mol. The van der Waals surface area contributed by atoms with E-state index in [2.05, 4.69) is 0 Å². The Morgan fingerprint density at radius 1 is 1.38 bits per heavy atom. The van der Waals surface area contributed by atoms with Crippen LogP contribution < -0.4 is 0 Å². The molecule has 0 aliphatic carbocycles. The summed E-state index contributed by atoms with van der Waals surface area (Å²) in [6.07, 6.45) is 0. The van der Waals surface area contributed by atoms with Gasteiger partial charge in [-0.1, -0.05) is 0 Å². The zero-order valence-electron chi connectivity index (χ0n) is 5.86. The van der Waals surface area contributed by atoms with Crippen molar-refractivity contribution in [2.75, 3.05) is 0 Å². The van der Waals surface area contributed by atoms with Crippen molar-refractivity contribution < 1.29 is 9.90 Å². The Kier molecular flexibility index (Phi) is 4.33. The Hall–Kier alpha value is 0.0674. The number of carboxylic acid groups (broad SMARTS) is 1. The van der Waals surface area contributed by atoms with Crippen molar-refractivity contribution in [1.29, 1.82) is 0 Å². The molecule has 2 nitrogen and oxygen atoms in total. The van der Waals surface area contributed by atoms with Crippen LogP contribution in [0.4, 0.5) is 0 Å². The molecule has 0 aromatic rings. The summed E-state index contributed by atoms with van der Waals surface area (Å²) in [5, 5.41) is 8.25. The van der Waals surface area contributed by atoms with E-state index in [0.717, 1.165) is 0 Å². The third-order valence-electron chi connectivity index (χ3n) is 0.642. The SMILES string of the molecule is CC(C)(C)C(=O)O.[Li]. The Balaban J connectivity index is 0. The van der Waals surface area contributed by atoms with Crippen LogP contribution >= 0.6 is 0 Å². The fourth-order valence-corrected chi connectivity index (χ4v) is 0. The molecule has 0 bridgehead atoms. The molecule has 0 saturated heterocycles. The summed E-state index contributed by atoms with van der Waals surface area (Å²) in [5.74, 6) is -0.757. The van der Waals surface area contributed by atoms with Crippen LogP contribution in [0.2, 0.25) is 0 Å². The quantitative estimate of drug-likeness (QED) is 0.466. The van der Waals surface area contributed by atoms with E-state index < -0.39 is 11.4 Å². The van der Waals surface area contributed by atoms with Gasteiger partial charge in [-0.2, -0.15) is 0 Å². The van der Waals surface area contributed by atoms with Crippen LogP contribution in [-0.2, 0) is 4.79 Å². The van der Waals surface area contributed by atoms with Crippen LogP contribution in [0, 0.1) is 5.41 Å². The van der Waals surface area contributed by atoms with Crippen LogP contribution in [0.3, 0.4) is 0 Å². The molecule has 8 heavy (non-hydrogen) atoms. The molecule has 0 fully saturated rings. The minimum absolute atomic E-state index is 0. The van der Waals surface area contributed by atoms with Gasteiger partial charge in [0.15, 0.2) is 0 Å². The molecule has 0 saturated carbocycles. The Morgan fingerprint density at radius 3 is 1.50 bits per heavy atom. The molecule has 0 amide bonds. The smallest absolute Gasteiger partial charge is 0.308 e. The molecule has 3 heteroatoms. The number of carbonyl (C=O) groups is 1. The zero-order valence-corrected chi connectivity index (χ0v) is 5.86. The predicted octanol–water partition coefficient (Wildman–Crippen LogP) is 0.736. The first-order chi connectivity index (χ1) is 2.94. The molecular weight excluding hydrogens is 99.0 g/mol. The summed E-state index contributed by atoms with van der Waals surface area (Å²) in [4.78, 5) is 10.0. The minimum Gasteiger partial charge on any atom is -0.481 e. The molecule has 1 N–H and O–H groups in total. The van der Waals surface area contributed by atoms with Gasteiger partial charge in [-0.05, 0) is 20.8 Å². The summed E-state index contributed by atoms with van der Waals surface area (Å²) < 4.78 is 0.